The van der Waals surface area contributed by atoms with Crippen molar-refractivity contribution in [2.45, 2.75) is 6.10 Å². The maximum atomic E-state index is 12.0. The Bertz CT molecular complexity index is 727. The van der Waals surface area contributed by atoms with Crippen molar-refractivity contribution in [2.75, 3.05) is 34.3 Å². The van der Waals surface area contributed by atoms with Gasteiger partial charge < -0.3 is 23.4 Å². The Morgan fingerprint density at radius 2 is 1.30 bits per heavy atom. The number of rotatable bonds is 7. The number of ether oxygens (including phenoxy) is 4. The number of hydrogen-bond donors (Lipinski definition) is 0. The second kappa shape index (κ2) is 9.59. The molecule has 2 aromatic carbocycles. The quantitative estimate of drug-likeness (QED) is 0.420. The molecular weight excluding hydrogens is 350 g/mol. The number of nitrogens with zero attached hydrogens (tertiary/aromatic N) is 1. The number of quaternary nitrogens is 1. The van der Waals surface area contributed by atoms with Crippen LogP contribution in [0.2, 0.25) is 0 Å². The lowest BCUT2D eigenvalue weighted by Crippen LogP contribution is -2.45. The molecule has 0 fully saturated rings. The third kappa shape index (κ3) is 8.24. The first-order valence-electron chi connectivity index (χ1n) is 8.45. The van der Waals surface area contributed by atoms with Crippen molar-refractivity contribution in [3.8, 4) is 11.5 Å². The average molecular weight is 374 g/mol. The summed E-state index contributed by atoms with van der Waals surface area (Å²) < 4.78 is 21.1. The van der Waals surface area contributed by atoms with Gasteiger partial charge in [0, 0.05) is 0 Å². The smallest absolute Gasteiger partial charge is 0.430 e. The summed E-state index contributed by atoms with van der Waals surface area (Å²) >= 11 is 0. The van der Waals surface area contributed by atoms with Crippen LogP contribution in [-0.4, -0.2) is 57.2 Å². The third-order valence-electron chi connectivity index (χ3n) is 3.29. The summed E-state index contributed by atoms with van der Waals surface area (Å²) in [5.74, 6) is 0.742. The molecule has 0 aliphatic heterocycles. The zero-order valence-corrected chi connectivity index (χ0v) is 15.7. The Morgan fingerprint density at radius 3 is 1.78 bits per heavy atom. The number of carbonyl (C=O) groups is 2. The minimum Gasteiger partial charge on any atom is -0.430 e. The van der Waals surface area contributed by atoms with E-state index in [4.69, 9.17) is 18.9 Å². The molecule has 0 heterocycles. The fourth-order valence-corrected chi connectivity index (χ4v) is 2.26. The highest BCUT2D eigenvalue weighted by Crippen LogP contribution is 2.12. The highest BCUT2D eigenvalue weighted by atomic mass is 16.8. The normalized spacial score (nSPS) is 12.0. The van der Waals surface area contributed by atoms with E-state index >= 15 is 0 Å². The topological polar surface area (TPSA) is 71.1 Å². The molecule has 0 spiro atoms. The Hall–Kier alpha value is -3.06. The van der Waals surface area contributed by atoms with E-state index in [1.54, 1.807) is 48.5 Å². The molecule has 27 heavy (non-hydrogen) atoms. The summed E-state index contributed by atoms with van der Waals surface area (Å²) in [6.07, 6.45) is -2.42. The zero-order chi connectivity index (χ0) is 19.7. The lowest BCUT2D eigenvalue weighted by atomic mass is 10.3. The van der Waals surface area contributed by atoms with Gasteiger partial charge in [0.25, 0.3) is 0 Å². The average Bonchev–Trinajstić information content (AvgIpc) is 2.60. The van der Waals surface area contributed by atoms with Crippen LogP contribution in [0.25, 0.3) is 0 Å². The summed E-state index contributed by atoms with van der Waals surface area (Å²) in [5, 5.41) is 0. The predicted octanol–water partition coefficient (Wildman–Crippen LogP) is 3.49. The number of hydrogen-bond acceptors (Lipinski definition) is 6. The van der Waals surface area contributed by atoms with Crippen LogP contribution < -0.4 is 9.47 Å². The van der Waals surface area contributed by atoms with Crippen molar-refractivity contribution in [3.05, 3.63) is 60.7 Å². The maximum Gasteiger partial charge on any atom is 0.514 e. The molecule has 0 N–H and O–H groups in total. The summed E-state index contributed by atoms with van der Waals surface area (Å²) in [4.78, 5) is 23.9. The van der Waals surface area contributed by atoms with E-state index in [1.807, 2.05) is 33.3 Å². The summed E-state index contributed by atoms with van der Waals surface area (Å²) in [5.41, 5.74) is 0. The van der Waals surface area contributed by atoms with Gasteiger partial charge >= 0.3 is 12.3 Å². The van der Waals surface area contributed by atoms with Crippen molar-refractivity contribution in [1.29, 1.82) is 0 Å². The highest BCUT2D eigenvalue weighted by Gasteiger charge is 2.25. The van der Waals surface area contributed by atoms with E-state index in [-0.39, 0.29) is 6.61 Å². The van der Waals surface area contributed by atoms with Gasteiger partial charge in [-0.15, -0.1) is 0 Å². The molecule has 2 aromatic rings. The first-order valence-corrected chi connectivity index (χ1v) is 8.45. The van der Waals surface area contributed by atoms with E-state index in [0.717, 1.165) is 0 Å². The molecule has 7 heteroatoms. The van der Waals surface area contributed by atoms with E-state index in [1.165, 1.54) is 0 Å². The molecule has 2 rings (SSSR count). The first-order chi connectivity index (χ1) is 12.8. The Balaban J connectivity index is 1.89. The number of carbonyl (C=O) groups excluding carboxylic acids is 2. The minimum atomic E-state index is -0.868. The van der Waals surface area contributed by atoms with E-state index in [9.17, 15) is 9.59 Å². The minimum absolute atomic E-state index is 0.148. The molecule has 0 aromatic heterocycles. The van der Waals surface area contributed by atoms with E-state index < -0.39 is 18.4 Å². The Morgan fingerprint density at radius 1 is 0.815 bits per heavy atom. The maximum absolute atomic E-state index is 12.0. The van der Waals surface area contributed by atoms with E-state index in [2.05, 4.69) is 0 Å². The molecule has 0 radical (unpaired) electrons. The standard InChI is InChI=1S/C20H24NO6/c1-21(2,3)14-18(27-20(23)26-17-12-8-5-9-13-17)15-24-19(22)25-16-10-6-4-7-11-16/h4-13,18H,14-15H2,1-3H3/q+1. The molecule has 1 unspecified atom stereocenters. The molecular formula is C20H24NO6+. The van der Waals surface area contributed by atoms with Gasteiger partial charge in [0.2, 0.25) is 0 Å². The molecule has 0 aliphatic rings. The molecule has 0 amide bonds. The number of para-hydroxylation sites is 2. The Kier molecular flexibility index (Phi) is 7.19. The van der Waals surface area contributed by atoms with Crippen molar-refractivity contribution in [3.63, 3.8) is 0 Å². The summed E-state index contributed by atoms with van der Waals surface area (Å²) in [6.45, 7) is 0.271. The molecule has 144 valence electrons. The largest absolute Gasteiger partial charge is 0.514 e. The van der Waals surface area contributed by atoms with Gasteiger partial charge in [-0.1, -0.05) is 36.4 Å². The fourth-order valence-electron chi connectivity index (χ4n) is 2.26. The highest BCUT2D eigenvalue weighted by molar-refractivity contribution is 5.65. The van der Waals surface area contributed by atoms with Crippen molar-refractivity contribution in [2.24, 2.45) is 0 Å². The van der Waals surface area contributed by atoms with Crippen LogP contribution in [0.4, 0.5) is 9.59 Å². The fraction of sp³-hybridized carbons (Fsp3) is 0.300. The van der Waals surface area contributed by atoms with Gasteiger partial charge in [-0.25, -0.2) is 9.59 Å². The van der Waals surface area contributed by atoms with Crippen LogP contribution in [0, 0.1) is 0 Å². The lowest BCUT2D eigenvalue weighted by Gasteiger charge is -2.28. The summed E-state index contributed by atoms with van der Waals surface area (Å²) in [6, 6.07) is 17.1. The molecule has 7 nitrogen and oxygen atoms in total. The monoisotopic (exact) mass is 374 g/mol. The Labute approximate surface area is 158 Å². The molecule has 0 saturated carbocycles. The van der Waals surface area contributed by atoms with Crippen molar-refractivity contribution < 1.29 is 33.0 Å². The SMILES string of the molecule is C[N+](C)(C)CC(COC(=O)Oc1ccccc1)OC(=O)Oc1ccccc1. The lowest BCUT2D eigenvalue weighted by molar-refractivity contribution is -0.873. The molecule has 0 bridgehead atoms. The van der Waals surface area contributed by atoms with Crippen molar-refractivity contribution in [1.82, 2.24) is 0 Å². The second-order valence-electron chi connectivity index (χ2n) is 6.85. The predicted molar refractivity (Wildman–Crippen MR) is 98.7 cm³/mol. The van der Waals surface area contributed by atoms with Crippen LogP contribution in [0.3, 0.4) is 0 Å². The molecule has 0 saturated heterocycles. The van der Waals surface area contributed by atoms with Gasteiger partial charge in [-0.05, 0) is 24.3 Å². The molecule has 1 atom stereocenters. The van der Waals surface area contributed by atoms with Crippen LogP contribution in [-0.2, 0) is 9.47 Å². The zero-order valence-electron chi connectivity index (χ0n) is 15.7. The van der Waals surface area contributed by atoms with Gasteiger partial charge in [0.1, 0.15) is 24.7 Å². The van der Waals surface area contributed by atoms with Gasteiger partial charge in [-0.3, -0.25) is 0 Å². The van der Waals surface area contributed by atoms with Crippen LogP contribution in [0.5, 0.6) is 11.5 Å². The van der Waals surface area contributed by atoms with Gasteiger partial charge in [-0.2, -0.15) is 0 Å². The van der Waals surface area contributed by atoms with Gasteiger partial charge in [0.15, 0.2) is 6.10 Å². The number of benzene rings is 2. The van der Waals surface area contributed by atoms with Crippen LogP contribution in [0.1, 0.15) is 0 Å². The molecule has 0 aliphatic carbocycles. The second-order valence-corrected chi connectivity index (χ2v) is 6.85. The van der Waals surface area contributed by atoms with Crippen LogP contribution in [0.15, 0.2) is 60.7 Å². The van der Waals surface area contributed by atoms with Gasteiger partial charge in [0.05, 0.1) is 21.1 Å². The first kappa shape index (κ1) is 20.3. The summed E-state index contributed by atoms with van der Waals surface area (Å²) in [7, 11) is 5.80. The third-order valence-corrected chi connectivity index (χ3v) is 3.29. The number of likely N-dealkylation sites (N-methyl/N-ethyl adjacent to an activating group) is 1. The van der Waals surface area contributed by atoms with E-state index in [0.29, 0.717) is 22.5 Å². The van der Waals surface area contributed by atoms with Crippen LogP contribution >= 0.6 is 0 Å². The van der Waals surface area contributed by atoms with Crippen molar-refractivity contribution >= 4 is 12.3 Å².